The van der Waals surface area contributed by atoms with Crippen LogP contribution in [0.15, 0.2) is 24.3 Å². The molecule has 3 rings (SSSR count). The minimum absolute atomic E-state index is 0.579. The van der Waals surface area contributed by atoms with Crippen LogP contribution in [0.2, 0.25) is 0 Å². The van der Waals surface area contributed by atoms with Crippen LogP contribution in [0.4, 0.5) is 0 Å². The van der Waals surface area contributed by atoms with Crippen molar-refractivity contribution in [2.24, 2.45) is 0 Å². The van der Waals surface area contributed by atoms with Crippen LogP contribution in [-0.4, -0.2) is 7.05 Å². The third-order valence-electron chi connectivity index (χ3n) is 3.56. The van der Waals surface area contributed by atoms with Gasteiger partial charge in [0.15, 0.2) is 0 Å². The van der Waals surface area contributed by atoms with E-state index in [0.717, 1.165) is 0 Å². The first-order valence-electron chi connectivity index (χ1n) is 6.07. The molecule has 1 N–H and O–H groups in total. The van der Waals surface area contributed by atoms with E-state index in [1.807, 2.05) is 11.3 Å². The predicted octanol–water partition coefficient (Wildman–Crippen LogP) is 3.89. The van der Waals surface area contributed by atoms with Crippen LogP contribution < -0.4 is 5.32 Å². The monoisotopic (exact) mass is 231 g/mol. The molecule has 84 valence electrons. The highest BCUT2D eigenvalue weighted by Gasteiger charge is 2.21. The van der Waals surface area contributed by atoms with E-state index >= 15 is 0 Å². The van der Waals surface area contributed by atoms with E-state index in [4.69, 9.17) is 0 Å². The van der Waals surface area contributed by atoms with Crippen LogP contribution in [0.3, 0.4) is 0 Å². The summed E-state index contributed by atoms with van der Waals surface area (Å²) >= 11 is 1.98. The highest BCUT2D eigenvalue weighted by atomic mass is 32.1. The Balaban J connectivity index is 2.21. The van der Waals surface area contributed by atoms with Gasteiger partial charge in [-0.15, -0.1) is 11.3 Å². The SMILES string of the molecule is CNC1CCCCc2c1sc1ccccc21. The summed E-state index contributed by atoms with van der Waals surface area (Å²) in [5.74, 6) is 0. The first-order chi connectivity index (χ1) is 7.90. The highest BCUT2D eigenvalue weighted by molar-refractivity contribution is 7.19. The van der Waals surface area contributed by atoms with Crippen LogP contribution in [0.5, 0.6) is 0 Å². The maximum absolute atomic E-state index is 3.47. The summed E-state index contributed by atoms with van der Waals surface area (Å²) in [6.45, 7) is 0. The topological polar surface area (TPSA) is 12.0 Å². The van der Waals surface area contributed by atoms with Crippen LogP contribution in [0, 0.1) is 0 Å². The molecule has 1 heterocycles. The minimum atomic E-state index is 0.579. The van der Waals surface area contributed by atoms with Gasteiger partial charge in [0, 0.05) is 15.6 Å². The number of hydrogen-bond donors (Lipinski definition) is 1. The lowest BCUT2D eigenvalue weighted by molar-refractivity contribution is 0.539. The molecular weight excluding hydrogens is 214 g/mol. The average Bonchev–Trinajstić information content (AvgIpc) is 2.56. The summed E-state index contributed by atoms with van der Waals surface area (Å²) < 4.78 is 1.45. The van der Waals surface area contributed by atoms with Gasteiger partial charge in [0.05, 0.1) is 0 Å². The second kappa shape index (κ2) is 4.19. The molecule has 2 heteroatoms. The van der Waals surface area contributed by atoms with E-state index in [1.165, 1.54) is 35.8 Å². The maximum atomic E-state index is 3.47. The smallest absolute Gasteiger partial charge is 0.0415 e. The molecule has 1 atom stereocenters. The number of nitrogens with one attached hydrogen (secondary N) is 1. The highest BCUT2D eigenvalue weighted by Crippen LogP contribution is 2.39. The predicted molar refractivity (Wildman–Crippen MR) is 71.2 cm³/mol. The fourth-order valence-electron chi connectivity index (χ4n) is 2.71. The van der Waals surface area contributed by atoms with Crippen molar-refractivity contribution < 1.29 is 0 Å². The van der Waals surface area contributed by atoms with Crippen molar-refractivity contribution in [3.8, 4) is 0 Å². The zero-order valence-corrected chi connectivity index (χ0v) is 10.4. The van der Waals surface area contributed by atoms with Crippen molar-refractivity contribution in [3.05, 3.63) is 34.7 Å². The summed E-state index contributed by atoms with van der Waals surface area (Å²) in [5.41, 5.74) is 1.61. The summed E-state index contributed by atoms with van der Waals surface area (Å²) in [7, 11) is 2.09. The Hall–Kier alpha value is -0.860. The zero-order chi connectivity index (χ0) is 11.0. The molecule has 1 aromatic heterocycles. The normalized spacial score (nSPS) is 20.7. The molecule has 0 spiro atoms. The molecule has 1 aromatic carbocycles. The van der Waals surface area contributed by atoms with Gasteiger partial charge in [-0.05, 0) is 43.3 Å². The van der Waals surface area contributed by atoms with E-state index in [0.29, 0.717) is 6.04 Å². The first-order valence-corrected chi connectivity index (χ1v) is 6.89. The minimum Gasteiger partial charge on any atom is -0.312 e. The van der Waals surface area contributed by atoms with Crippen molar-refractivity contribution in [1.29, 1.82) is 0 Å². The molecule has 2 aromatic rings. The molecule has 0 bridgehead atoms. The van der Waals surface area contributed by atoms with E-state index in [-0.39, 0.29) is 0 Å². The number of thiophene rings is 1. The maximum Gasteiger partial charge on any atom is 0.0415 e. The van der Waals surface area contributed by atoms with Gasteiger partial charge >= 0.3 is 0 Å². The number of rotatable bonds is 1. The summed E-state index contributed by atoms with van der Waals surface area (Å²) in [6.07, 6.45) is 5.24. The Labute approximate surface area is 100 Å². The molecule has 1 aliphatic carbocycles. The number of benzene rings is 1. The van der Waals surface area contributed by atoms with E-state index in [9.17, 15) is 0 Å². The lowest BCUT2D eigenvalue weighted by Crippen LogP contribution is -2.14. The second-order valence-corrected chi connectivity index (χ2v) is 5.61. The van der Waals surface area contributed by atoms with Crippen LogP contribution in [-0.2, 0) is 6.42 Å². The molecule has 0 fully saturated rings. The Morgan fingerprint density at radius 1 is 1.25 bits per heavy atom. The standard InChI is InChI=1S/C14H17NS/c1-15-12-8-4-2-7-11-10-6-3-5-9-13(10)16-14(11)12/h3,5-6,9,12,15H,2,4,7-8H2,1H3. The van der Waals surface area contributed by atoms with Gasteiger partial charge in [-0.2, -0.15) is 0 Å². The largest absolute Gasteiger partial charge is 0.312 e. The molecular formula is C14H17NS. The molecule has 0 radical (unpaired) electrons. The average molecular weight is 231 g/mol. The van der Waals surface area contributed by atoms with E-state index in [1.54, 1.807) is 10.4 Å². The van der Waals surface area contributed by atoms with E-state index < -0.39 is 0 Å². The third-order valence-corrected chi connectivity index (χ3v) is 4.89. The summed E-state index contributed by atoms with van der Waals surface area (Å²) in [5, 5.41) is 4.96. The lowest BCUT2D eigenvalue weighted by atomic mass is 10.1. The zero-order valence-electron chi connectivity index (χ0n) is 9.62. The molecule has 0 saturated heterocycles. The van der Waals surface area contributed by atoms with Gasteiger partial charge in [-0.25, -0.2) is 0 Å². The molecule has 1 unspecified atom stereocenters. The van der Waals surface area contributed by atoms with Gasteiger partial charge < -0.3 is 5.32 Å². The summed E-state index contributed by atoms with van der Waals surface area (Å²) in [6, 6.07) is 9.42. The summed E-state index contributed by atoms with van der Waals surface area (Å²) in [4.78, 5) is 1.58. The molecule has 1 nitrogen and oxygen atoms in total. The van der Waals surface area contributed by atoms with Gasteiger partial charge in [0.25, 0.3) is 0 Å². The van der Waals surface area contributed by atoms with Crippen molar-refractivity contribution >= 4 is 21.4 Å². The Bertz CT molecular complexity index is 500. The van der Waals surface area contributed by atoms with Gasteiger partial charge in [0.2, 0.25) is 0 Å². The molecule has 16 heavy (non-hydrogen) atoms. The number of hydrogen-bond acceptors (Lipinski definition) is 2. The fourth-order valence-corrected chi connectivity index (χ4v) is 4.11. The number of fused-ring (bicyclic) bond motifs is 3. The van der Waals surface area contributed by atoms with Crippen molar-refractivity contribution in [3.63, 3.8) is 0 Å². The van der Waals surface area contributed by atoms with Gasteiger partial charge in [0.1, 0.15) is 0 Å². The lowest BCUT2D eigenvalue weighted by Gasteiger charge is -2.12. The Kier molecular flexibility index (Phi) is 2.70. The molecule has 0 amide bonds. The van der Waals surface area contributed by atoms with Crippen molar-refractivity contribution in [1.82, 2.24) is 5.32 Å². The Morgan fingerprint density at radius 3 is 3.00 bits per heavy atom. The van der Waals surface area contributed by atoms with Crippen LogP contribution in [0.25, 0.3) is 10.1 Å². The van der Waals surface area contributed by atoms with Gasteiger partial charge in [-0.3, -0.25) is 0 Å². The fraction of sp³-hybridized carbons (Fsp3) is 0.429. The molecule has 0 saturated carbocycles. The van der Waals surface area contributed by atoms with Crippen LogP contribution in [0.1, 0.15) is 35.7 Å². The second-order valence-electron chi connectivity index (χ2n) is 4.53. The third kappa shape index (κ3) is 1.57. The molecule has 0 aliphatic heterocycles. The Morgan fingerprint density at radius 2 is 2.12 bits per heavy atom. The van der Waals surface area contributed by atoms with E-state index in [2.05, 4.69) is 36.6 Å². The van der Waals surface area contributed by atoms with Gasteiger partial charge in [-0.1, -0.05) is 24.6 Å². The molecule has 1 aliphatic rings. The number of aryl methyl sites for hydroxylation is 1. The first kappa shape index (κ1) is 10.3. The van der Waals surface area contributed by atoms with Crippen molar-refractivity contribution in [2.75, 3.05) is 7.05 Å². The van der Waals surface area contributed by atoms with Crippen LogP contribution >= 0.6 is 11.3 Å². The van der Waals surface area contributed by atoms with Crippen molar-refractivity contribution in [2.45, 2.75) is 31.7 Å². The quantitative estimate of drug-likeness (QED) is 0.734.